The van der Waals surface area contributed by atoms with Crippen LogP contribution in [0.1, 0.15) is 6.42 Å². The number of hydrogen-bond acceptors (Lipinski definition) is 4. The van der Waals surface area contributed by atoms with Crippen molar-refractivity contribution in [2.24, 2.45) is 0 Å². The van der Waals surface area contributed by atoms with E-state index in [4.69, 9.17) is 4.74 Å². The number of ether oxygens (including phenoxy) is 1. The summed E-state index contributed by atoms with van der Waals surface area (Å²) in [5.74, 6) is 0.602. The summed E-state index contributed by atoms with van der Waals surface area (Å²) in [6.45, 7) is 1.20. The monoisotopic (exact) mass is 324 g/mol. The summed E-state index contributed by atoms with van der Waals surface area (Å²) < 4.78 is 7.62. The van der Waals surface area contributed by atoms with E-state index in [-0.39, 0.29) is 11.1 Å². The van der Waals surface area contributed by atoms with Crippen LogP contribution in [0.2, 0.25) is 0 Å². The number of nitro benzene ring substituents is 1. The number of pyridine rings is 1. The molecule has 0 unspecified atom stereocenters. The minimum absolute atomic E-state index is 0.0176. The van der Waals surface area contributed by atoms with Crippen molar-refractivity contribution in [2.45, 2.75) is 13.0 Å². The molecule has 1 aromatic heterocycles. The molecule has 24 heavy (non-hydrogen) atoms. The van der Waals surface area contributed by atoms with Gasteiger partial charge in [0.25, 0.3) is 5.69 Å². The van der Waals surface area contributed by atoms with E-state index >= 15 is 0 Å². The molecular weight excluding hydrogens is 308 g/mol. The van der Waals surface area contributed by atoms with E-state index in [0.717, 1.165) is 11.9 Å². The third-order valence-corrected chi connectivity index (χ3v) is 3.74. The highest BCUT2D eigenvalue weighted by molar-refractivity contribution is 5.78. The third-order valence-electron chi connectivity index (χ3n) is 3.74. The number of aromatic nitrogens is 1. The van der Waals surface area contributed by atoms with Gasteiger partial charge < -0.3 is 9.30 Å². The van der Waals surface area contributed by atoms with Crippen molar-refractivity contribution in [3.63, 3.8) is 0 Å². The lowest BCUT2D eigenvalue weighted by Crippen LogP contribution is -2.10. The van der Waals surface area contributed by atoms with Crippen molar-refractivity contribution >= 4 is 16.6 Å². The van der Waals surface area contributed by atoms with Gasteiger partial charge in [-0.3, -0.25) is 14.9 Å². The second-order valence-electron chi connectivity index (χ2n) is 5.34. The number of fused-ring (bicyclic) bond motifs is 1. The lowest BCUT2D eigenvalue weighted by Gasteiger charge is -2.11. The highest BCUT2D eigenvalue weighted by atomic mass is 16.6. The zero-order chi connectivity index (χ0) is 16.9. The Balaban J connectivity index is 1.60. The minimum Gasteiger partial charge on any atom is -0.494 e. The maximum Gasteiger partial charge on any atom is 0.269 e. The molecule has 6 nitrogen and oxygen atoms in total. The van der Waals surface area contributed by atoms with Gasteiger partial charge in [0.2, 0.25) is 0 Å². The van der Waals surface area contributed by atoms with Crippen LogP contribution in [-0.4, -0.2) is 16.1 Å². The molecule has 3 aromatic rings. The fourth-order valence-corrected chi connectivity index (χ4v) is 2.54. The summed E-state index contributed by atoms with van der Waals surface area (Å²) in [7, 11) is 0. The van der Waals surface area contributed by atoms with Crippen LogP contribution in [0.25, 0.3) is 10.9 Å². The predicted octanol–water partition coefficient (Wildman–Crippen LogP) is 3.38. The van der Waals surface area contributed by atoms with Gasteiger partial charge in [-0.25, -0.2) is 0 Å². The topological polar surface area (TPSA) is 74.4 Å². The van der Waals surface area contributed by atoms with Gasteiger partial charge in [-0.05, 0) is 30.7 Å². The summed E-state index contributed by atoms with van der Waals surface area (Å²) in [5.41, 5.74) is 0.964. The molecule has 0 saturated heterocycles. The molecule has 0 spiro atoms. The molecule has 2 aromatic carbocycles. The molecule has 0 atom stereocenters. The van der Waals surface area contributed by atoms with Crippen molar-refractivity contribution in [3.05, 3.63) is 81.1 Å². The van der Waals surface area contributed by atoms with Crippen LogP contribution >= 0.6 is 0 Å². The first-order chi connectivity index (χ1) is 11.6. The molecule has 3 rings (SSSR count). The first kappa shape index (κ1) is 15.7. The third kappa shape index (κ3) is 3.43. The van der Waals surface area contributed by atoms with Crippen LogP contribution in [0, 0.1) is 10.1 Å². The quantitative estimate of drug-likeness (QED) is 0.396. The smallest absolute Gasteiger partial charge is 0.269 e. The minimum atomic E-state index is -0.439. The van der Waals surface area contributed by atoms with Crippen molar-refractivity contribution < 1.29 is 9.66 Å². The molecule has 0 saturated carbocycles. The molecule has 0 aliphatic heterocycles. The van der Waals surface area contributed by atoms with E-state index in [9.17, 15) is 14.9 Å². The number of rotatable bonds is 6. The first-order valence-electron chi connectivity index (χ1n) is 7.60. The van der Waals surface area contributed by atoms with Gasteiger partial charge in [0.15, 0.2) is 5.43 Å². The molecule has 0 radical (unpaired) electrons. The van der Waals surface area contributed by atoms with E-state index in [1.54, 1.807) is 24.4 Å². The van der Waals surface area contributed by atoms with Gasteiger partial charge in [0, 0.05) is 36.3 Å². The highest BCUT2D eigenvalue weighted by Crippen LogP contribution is 2.17. The van der Waals surface area contributed by atoms with E-state index < -0.39 is 4.92 Å². The number of nitro groups is 1. The zero-order valence-corrected chi connectivity index (χ0v) is 12.9. The van der Waals surface area contributed by atoms with E-state index in [1.165, 1.54) is 12.1 Å². The van der Waals surface area contributed by atoms with Crippen LogP contribution in [0.15, 0.2) is 65.6 Å². The fraction of sp³-hybridized carbons (Fsp3) is 0.167. The molecule has 0 fully saturated rings. The first-order valence-corrected chi connectivity index (χ1v) is 7.60. The Labute approximate surface area is 138 Å². The van der Waals surface area contributed by atoms with Gasteiger partial charge in [-0.1, -0.05) is 12.1 Å². The van der Waals surface area contributed by atoms with Crippen molar-refractivity contribution in [2.75, 3.05) is 6.61 Å². The number of hydrogen-bond donors (Lipinski definition) is 0. The fourth-order valence-electron chi connectivity index (χ4n) is 2.54. The standard InChI is InChI=1S/C18H16N2O4/c21-18-10-12-19(17-5-2-1-4-16(17)18)11-3-13-24-15-8-6-14(7-9-15)20(22)23/h1-2,4-10,12H,3,11,13H2. The van der Waals surface area contributed by atoms with E-state index in [0.29, 0.717) is 24.3 Å². The summed E-state index contributed by atoms with van der Waals surface area (Å²) >= 11 is 0. The van der Waals surface area contributed by atoms with Gasteiger partial charge in [0.1, 0.15) is 5.75 Å². The molecular formula is C18H16N2O4. The second-order valence-corrected chi connectivity index (χ2v) is 5.34. The Bertz CT molecular complexity index is 916. The average molecular weight is 324 g/mol. The Kier molecular flexibility index (Phi) is 4.56. The Morgan fingerprint density at radius 1 is 1.04 bits per heavy atom. The van der Waals surface area contributed by atoms with Crippen LogP contribution in [-0.2, 0) is 6.54 Å². The SMILES string of the molecule is O=c1ccn(CCCOc2ccc([N+](=O)[O-])cc2)c2ccccc12. The van der Waals surface area contributed by atoms with Crippen molar-refractivity contribution in [3.8, 4) is 5.75 Å². The number of non-ortho nitro benzene ring substituents is 1. The van der Waals surface area contributed by atoms with E-state index in [1.807, 2.05) is 28.8 Å². The van der Waals surface area contributed by atoms with Crippen LogP contribution in [0.5, 0.6) is 5.75 Å². The number of para-hydroxylation sites is 1. The Morgan fingerprint density at radius 2 is 1.79 bits per heavy atom. The maximum atomic E-state index is 11.8. The summed E-state index contributed by atoms with van der Waals surface area (Å²) in [4.78, 5) is 22.0. The molecule has 0 aliphatic rings. The molecule has 0 aliphatic carbocycles. The highest BCUT2D eigenvalue weighted by Gasteiger charge is 2.05. The molecule has 0 N–H and O–H groups in total. The molecule has 122 valence electrons. The maximum absolute atomic E-state index is 11.8. The van der Waals surface area contributed by atoms with Crippen LogP contribution in [0.3, 0.4) is 0 Å². The molecule has 0 bridgehead atoms. The number of aryl methyl sites for hydroxylation is 1. The normalized spacial score (nSPS) is 10.7. The van der Waals surface area contributed by atoms with Gasteiger partial charge >= 0.3 is 0 Å². The summed E-state index contributed by atoms with van der Waals surface area (Å²) in [5, 5.41) is 11.3. The van der Waals surface area contributed by atoms with Gasteiger partial charge in [0.05, 0.1) is 17.0 Å². The lowest BCUT2D eigenvalue weighted by molar-refractivity contribution is -0.384. The van der Waals surface area contributed by atoms with Gasteiger partial charge in [-0.2, -0.15) is 0 Å². The van der Waals surface area contributed by atoms with E-state index in [2.05, 4.69) is 0 Å². The molecule has 6 heteroatoms. The Morgan fingerprint density at radius 3 is 2.54 bits per heavy atom. The number of nitrogens with zero attached hydrogens (tertiary/aromatic N) is 2. The lowest BCUT2D eigenvalue weighted by atomic mass is 10.2. The van der Waals surface area contributed by atoms with Crippen molar-refractivity contribution in [1.29, 1.82) is 0 Å². The summed E-state index contributed by atoms with van der Waals surface area (Å²) in [6, 6.07) is 15.1. The van der Waals surface area contributed by atoms with Crippen LogP contribution < -0.4 is 10.2 Å². The second kappa shape index (κ2) is 6.95. The summed E-state index contributed by atoms with van der Waals surface area (Å²) in [6.07, 6.45) is 2.54. The average Bonchev–Trinajstić information content (AvgIpc) is 2.61. The Hall–Kier alpha value is -3.15. The predicted molar refractivity (Wildman–Crippen MR) is 91.4 cm³/mol. The van der Waals surface area contributed by atoms with Gasteiger partial charge in [-0.15, -0.1) is 0 Å². The van der Waals surface area contributed by atoms with Crippen LogP contribution in [0.4, 0.5) is 5.69 Å². The molecule has 0 amide bonds. The van der Waals surface area contributed by atoms with Crippen molar-refractivity contribution in [1.82, 2.24) is 4.57 Å². The zero-order valence-electron chi connectivity index (χ0n) is 12.9. The molecule has 1 heterocycles. The largest absolute Gasteiger partial charge is 0.494 e. The number of benzene rings is 2.